The fourth-order valence-electron chi connectivity index (χ4n) is 6.03. The van der Waals surface area contributed by atoms with E-state index in [0.717, 1.165) is 33.7 Å². The quantitative estimate of drug-likeness (QED) is 0.164. The lowest BCUT2D eigenvalue weighted by Gasteiger charge is -2.32. The van der Waals surface area contributed by atoms with E-state index in [-0.39, 0.29) is 12.3 Å². The lowest BCUT2D eigenvalue weighted by Crippen LogP contribution is -2.44. The molecule has 4 nitrogen and oxygen atoms in total. The number of benzene rings is 6. The van der Waals surface area contributed by atoms with E-state index in [1.165, 1.54) is 27.5 Å². The van der Waals surface area contributed by atoms with Crippen molar-refractivity contribution in [3.05, 3.63) is 180 Å². The minimum absolute atomic E-state index is 0.0668. The number of nitrogens with one attached hydrogen (secondary N) is 3. The van der Waals surface area contributed by atoms with Crippen molar-refractivity contribution in [2.24, 2.45) is 4.99 Å². The largest absolute Gasteiger partial charge is 0.350 e. The zero-order valence-corrected chi connectivity index (χ0v) is 25.1. The van der Waals surface area contributed by atoms with Crippen LogP contribution in [-0.2, 0) is 0 Å². The van der Waals surface area contributed by atoms with E-state index in [0.29, 0.717) is 5.71 Å². The summed E-state index contributed by atoms with van der Waals surface area (Å²) in [5, 5.41) is 18.0. The van der Waals surface area contributed by atoms with Gasteiger partial charge in [-0.15, -0.1) is 0 Å². The van der Waals surface area contributed by atoms with Crippen molar-refractivity contribution < 1.29 is 0 Å². The van der Waals surface area contributed by atoms with Crippen molar-refractivity contribution >= 4 is 22.3 Å². The fraction of sp³-hybridized carbons (Fsp3) is 0.0732. The molecule has 1 heterocycles. The van der Waals surface area contributed by atoms with Crippen LogP contribution in [0.3, 0.4) is 0 Å². The SMILES string of the molecule is C/C=C\C(=N)c1ccc(-c2ccc(-c3ccc(C4N=C(c5ccccc5)NC(c5ccccc5)N4)cc3)c3ccccc23)cc1. The molecule has 6 aromatic carbocycles. The molecule has 0 amide bonds. The predicted molar refractivity (Wildman–Crippen MR) is 188 cm³/mol. The van der Waals surface area contributed by atoms with Gasteiger partial charge in [-0.1, -0.05) is 152 Å². The summed E-state index contributed by atoms with van der Waals surface area (Å²) in [4.78, 5) is 5.10. The van der Waals surface area contributed by atoms with Gasteiger partial charge in [0.1, 0.15) is 18.2 Å². The van der Waals surface area contributed by atoms with Gasteiger partial charge in [0, 0.05) is 5.56 Å². The minimum Gasteiger partial charge on any atom is -0.350 e. The predicted octanol–water partition coefficient (Wildman–Crippen LogP) is 9.45. The fourth-order valence-corrected chi connectivity index (χ4v) is 6.03. The molecule has 0 aliphatic carbocycles. The molecule has 0 aromatic heterocycles. The topological polar surface area (TPSA) is 60.3 Å². The average Bonchev–Trinajstić information content (AvgIpc) is 3.12. The molecule has 2 atom stereocenters. The minimum atomic E-state index is -0.197. The molecule has 1 aliphatic heterocycles. The molecular formula is C41H34N4. The third-order valence-electron chi connectivity index (χ3n) is 8.35. The molecule has 3 N–H and O–H groups in total. The van der Waals surface area contributed by atoms with Crippen LogP contribution in [0.5, 0.6) is 0 Å². The van der Waals surface area contributed by atoms with Crippen LogP contribution in [0, 0.1) is 5.41 Å². The maximum atomic E-state index is 8.24. The third kappa shape index (κ3) is 5.84. The first-order valence-electron chi connectivity index (χ1n) is 15.3. The number of fused-ring (bicyclic) bond motifs is 1. The molecule has 45 heavy (non-hydrogen) atoms. The van der Waals surface area contributed by atoms with Crippen molar-refractivity contribution in [3.8, 4) is 22.3 Å². The highest BCUT2D eigenvalue weighted by molar-refractivity contribution is 6.08. The highest BCUT2D eigenvalue weighted by atomic mass is 15.3. The summed E-state index contributed by atoms with van der Waals surface area (Å²) in [5.74, 6) is 0.880. The van der Waals surface area contributed by atoms with E-state index in [1.54, 1.807) is 0 Å². The molecule has 6 aromatic rings. The van der Waals surface area contributed by atoms with Crippen molar-refractivity contribution in [1.82, 2.24) is 10.6 Å². The second-order valence-corrected chi connectivity index (χ2v) is 11.2. The van der Waals surface area contributed by atoms with Gasteiger partial charge >= 0.3 is 0 Å². The van der Waals surface area contributed by atoms with Gasteiger partial charge in [-0.2, -0.15) is 0 Å². The number of allylic oxidation sites excluding steroid dienone is 2. The second-order valence-electron chi connectivity index (χ2n) is 11.2. The maximum Gasteiger partial charge on any atom is 0.131 e. The number of amidine groups is 1. The molecule has 0 saturated heterocycles. The Labute approximate surface area is 264 Å². The molecule has 7 rings (SSSR count). The van der Waals surface area contributed by atoms with E-state index in [1.807, 2.05) is 55.5 Å². The van der Waals surface area contributed by atoms with Crippen LogP contribution in [0.4, 0.5) is 0 Å². The number of aliphatic imine (C=N–C) groups is 1. The monoisotopic (exact) mass is 582 g/mol. The molecule has 0 bridgehead atoms. The Morgan fingerprint density at radius 1 is 0.600 bits per heavy atom. The van der Waals surface area contributed by atoms with Gasteiger partial charge in [0.15, 0.2) is 0 Å². The summed E-state index contributed by atoms with van der Waals surface area (Å²) in [6.45, 7) is 1.94. The van der Waals surface area contributed by atoms with Gasteiger partial charge in [-0.05, 0) is 62.7 Å². The highest BCUT2D eigenvalue weighted by Crippen LogP contribution is 2.36. The normalized spacial score (nSPS) is 16.3. The van der Waals surface area contributed by atoms with Gasteiger partial charge < -0.3 is 10.7 Å². The first-order chi connectivity index (χ1) is 22.2. The van der Waals surface area contributed by atoms with E-state index in [2.05, 4.69) is 120 Å². The molecule has 0 spiro atoms. The summed E-state index contributed by atoms with van der Waals surface area (Å²) >= 11 is 0. The molecule has 0 saturated carbocycles. The van der Waals surface area contributed by atoms with E-state index in [9.17, 15) is 0 Å². The Balaban J connectivity index is 1.21. The smallest absolute Gasteiger partial charge is 0.131 e. The number of hydrogen-bond donors (Lipinski definition) is 3. The number of nitrogens with zero attached hydrogens (tertiary/aromatic N) is 1. The van der Waals surface area contributed by atoms with Gasteiger partial charge in [-0.25, -0.2) is 4.99 Å². The van der Waals surface area contributed by atoms with E-state index >= 15 is 0 Å². The Kier molecular flexibility index (Phi) is 7.88. The van der Waals surface area contributed by atoms with Gasteiger partial charge in [0.05, 0.1) is 5.71 Å². The summed E-state index contributed by atoms with van der Waals surface area (Å²) in [6.07, 6.45) is 3.45. The van der Waals surface area contributed by atoms with Crippen LogP contribution in [-0.4, -0.2) is 11.5 Å². The van der Waals surface area contributed by atoms with Crippen molar-refractivity contribution in [2.75, 3.05) is 0 Å². The van der Waals surface area contributed by atoms with Crippen LogP contribution < -0.4 is 10.6 Å². The first kappa shape index (κ1) is 28.2. The van der Waals surface area contributed by atoms with Crippen LogP contribution in [0.15, 0.2) is 163 Å². The van der Waals surface area contributed by atoms with Gasteiger partial charge in [0.25, 0.3) is 0 Å². The standard InChI is InChI=1S/C41H34N4/c1-2-11-38(42)30-22-18-28(19-23-30)34-26-27-35(37-17-10-9-16-36(34)37)29-20-24-33(25-21-29)41-44-39(31-12-5-3-6-13-31)43-40(45-41)32-14-7-4-8-15-32/h2-27,39,41-42,44H,1H3,(H,43,45)/b11-2-,42-38?. The van der Waals surface area contributed by atoms with Crippen LogP contribution in [0.2, 0.25) is 0 Å². The lowest BCUT2D eigenvalue weighted by molar-refractivity contribution is 0.409. The van der Waals surface area contributed by atoms with Crippen molar-refractivity contribution in [1.29, 1.82) is 5.41 Å². The number of rotatable bonds is 7. The molecule has 0 fully saturated rings. The highest BCUT2D eigenvalue weighted by Gasteiger charge is 2.25. The molecule has 0 radical (unpaired) electrons. The molecule has 2 unspecified atom stereocenters. The van der Waals surface area contributed by atoms with Crippen LogP contribution in [0.25, 0.3) is 33.0 Å². The molecule has 1 aliphatic rings. The average molecular weight is 583 g/mol. The van der Waals surface area contributed by atoms with Crippen LogP contribution >= 0.6 is 0 Å². The van der Waals surface area contributed by atoms with Gasteiger partial charge in [0.2, 0.25) is 0 Å². The lowest BCUT2D eigenvalue weighted by atomic mass is 9.91. The first-order valence-corrected chi connectivity index (χ1v) is 15.3. The molecular weight excluding hydrogens is 548 g/mol. The van der Waals surface area contributed by atoms with Crippen molar-refractivity contribution in [2.45, 2.75) is 19.3 Å². The second kappa shape index (κ2) is 12.6. The molecule has 218 valence electrons. The van der Waals surface area contributed by atoms with Crippen LogP contribution in [0.1, 0.15) is 41.5 Å². The summed E-state index contributed by atoms with van der Waals surface area (Å²) in [6, 6.07) is 50.9. The summed E-state index contributed by atoms with van der Waals surface area (Å²) in [5.41, 5.74) is 9.46. The van der Waals surface area contributed by atoms with E-state index < -0.39 is 0 Å². The van der Waals surface area contributed by atoms with Gasteiger partial charge in [-0.3, -0.25) is 5.32 Å². The third-order valence-corrected chi connectivity index (χ3v) is 8.35. The zero-order valence-electron chi connectivity index (χ0n) is 25.1. The summed E-state index contributed by atoms with van der Waals surface area (Å²) < 4.78 is 0. The number of hydrogen-bond acceptors (Lipinski definition) is 4. The zero-order chi connectivity index (χ0) is 30.6. The Morgan fingerprint density at radius 3 is 1.76 bits per heavy atom. The van der Waals surface area contributed by atoms with Crippen molar-refractivity contribution in [3.63, 3.8) is 0 Å². The van der Waals surface area contributed by atoms with E-state index in [4.69, 9.17) is 10.4 Å². The maximum absolute atomic E-state index is 8.24. The Bertz CT molecular complexity index is 2010. The Hall–Kier alpha value is -5.58. The summed E-state index contributed by atoms with van der Waals surface area (Å²) in [7, 11) is 0. The molecule has 4 heteroatoms. The Morgan fingerprint density at radius 2 is 1.16 bits per heavy atom.